The summed E-state index contributed by atoms with van der Waals surface area (Å²) in [6.07, 6.45) is 4.09. The zero-order chi connectivity index (χ0) is 39.6. The van der Waals surface area contributed by atoms with Gasteiger partial charge in [0.2, 0.25) is 29.5 Å². The lowest BCUT2D eigenvalue weighted by Crippen LogP contribution is -2.53. The number of carbonyl (C=O) groups is 7. The van der Waals surface area contributed by atoms with Crippen molar-refractivity contribution in [3.63, 3.8) is 0 Å². The van der Waals surface area contributed by atoms with Gasteiger partial charge in [0.25, 0.3) is 5.91 Å². The Morgan fingerprint density at radius 2 is 1.69 bits per heavy atom. The fraction of sp³-hybridized carbons (Fsp3) is 0.576. The number of carboxylic acids is 1. The zero-order valence-corrected chi connectivity index (χ0v) is 30.2. The molecule has 3 rings (SSSR count). The van der Waals surface area contributed by atoms with Crippen LogP contribution in [-0.2, 0) is 28.8 Å². The number of unbranched alkanes of at least 4 members (excludes halogenated alkanes) is 1. The van der Waals surface area contributed by atoms with E-state index in [4.69, 9.17) is 5.73 Å². The second kappa shape index (κ2) is 22.1. The summed E-state index contributed by atoms with van der Waals surface area (Å²) < 4.78 is 0. The van der Waals surface area contributed by atoms with Crippen molar-refractivity contribution in [3.05, 3.63) is 29.8 Å². The van der Waals surface area contributed by atoms with Gasteiger partial charge in [-0.15, -0.1) is 0 Å². The van der Waals surface area contributed by atoms with Crippen molar-refractivity contribution in [2.45, 2.75) is 94.8 Å². The monoisotopic (exact) mass is 758 g/mol. The molecule has 2 heterocycles. The van der Waals surface area contributed by atoms with Gasteiger partial charge in [0.15, 0.2) is 0 Å². The molecule has 2 unspecified atom stereocenters. The Morgan fingerprint density at radius 3 is 2.33 bits per heavy atom. The van der Waals surface area contributed by atoms with Gasteiger partial charge in [-0.1, -0.05) is 0 Å². The smallest absolute Gasteiger partial charge is 0.475 e. The van der Waals surface area contributed by atoms with Crippen LogP contribution in [-0.4, -0.2) is 131 Å². The quantitative estimate of drug-likeness (QED) is 0.0322. The summed E-state index contributed by atoms with van der Waals surface area (Å²) in [5.74, 6) is -4.71. The molecule has 0 aromatic heterocycles. The predicted molar refractivity (Wildman–Crippen MR) is 196 cm³/mol. The van der Waals surface area contributed by atoms with Crippen LogP contribution in [0.3, 0.4) is 0 Å². The molecule has 54 heavy (non-hydrogen) atoms. The van der Waals surface area contributed by atoms with Gasteiger partial charge in [0, 0.05) is 44.5 Å². The first-order valence-corrected chi connectivity index (χ1v) is 18.0. The van der Waals surface area contributed by atoms with Crippen LogP contribution < -0.4 is 43.2 Å². The standard InChI is InChI=1S/C33H51BN10O10/c1-20(32(50)44-15-5-7-26(44)34(53)54)39-30(48)21-10-12-22(13-11-21)42-43-28(46)9-4-8-27(45)37-14-3-2-6-24(33(51)52)41-31(49)25(40-29(47)17-35)16-23-18-36-19-38-23/h10-13,19-20,23-26,42,53-54H,2-9,14-18,35H2,1H3,(H,36,38)(H,37,45)(H,39,48)(H,40,47)(H,41,49)(H,43,46)(H,51,52)/t20-,23?,24+,25?,26+/m1/s1. The third-order valence-corrected chi connectivity index (χ3v) is 8.88. The van der Waals surface area contributed by atoms with Gasteiger partial charge in [-0.25, -0.2) is 4.79 Å². The second-order valence-electron chi connectivity index (χ2n) is 13.1. The first-order chi connectivity index (χ1) is 25.8. The number of carbonyl (C=O) groups excluding carboxylic acids is 6. The van der Waals surface area contributed by atoms with Crippen molar-refractivity contribution in [2.24, 2.45) is 10.7 Å². The fourth-order valence-corrected chi connectivity index (χ4v) is 5.91. The molecule has 0 aliphatic carbocycles. The third-order valence-electron chi connectivity index (χ3n) is 8.88. The maximum atomic E-state index is 12.8. The van der Waals surface area contributed by atoms with E-state index in [0.717, 1.165) is 0 Å². The molecule has 1 aromatic carbocycles. The van der Waals surface area contributed by atoms with Crippen LogP contribution in [0.1, 0.15) is 75.1 Å². The van der Waals surface area contributed by atoms with Crippen molar-refractivity contribution >= 4 is 60.6 Å². The molecule has 21 heteroatoms. The average molecular weight is 759 g/mol. The van der Waals surface area contributed by atoms with Crippen molar-refractivity contribution in [3.8, 4) is 0 Å². The van der Waals surface area contributed by atoms with Crippen LogP contribution in [0.5, 0.6) is 0 Å². The van der Waals surface area contributed by atoms with Gasteiger partial charge >= 0.3 is 13.1 Å². The number of nitrogens with two attached hydrogens (primary N) is 1. The summed E-state index contributed by atoms with van der Waals surface area (Å²) in [5, 5.41) is 41.9. The molecule has 1 saturated heterocycles. The summed E-state index contributed by atoms with van der Waals surface area (Å²) in [6.45, 7) is 2.32. The highest BCUT2D eigenvalue weighted by molar-refractivity contribution is 6.43. The lowest BCUT2D eigenvalue weighted by atomic mass is 9.78. The number of nitrogens with one attached hydrogen (secondary N) is 7. The molecule has 0 saturated carbocycles. The van der Waals surface area contributed by atoms with E-state index in [2.05, 4.69) is 42.4 Å². The molecule has 0 radical (unpaired) electrons. The van der Waals surface area contributed by atoms with Crippen molar-refractivity contribution in [2.75, 3.05) is 31.6 Å². The van der Waals surface area contributed by atoms with Gasteiger partial charge in [-0.3, -0.25) is 44.6 Å². The lowest BCUT2D eigenvalue weighted by molar-refractivity contribution is -0.142. The summed E-state index contributed by atoms with van der Waals surface area (Å²) in [7, 11) is -1.65. The highest BCUT2D eigenvalue weighted by atomic mass is 16.4. The molecule has 1 fully saturated rings. The van der Waals surface area contributed by atoms with Gasteiger partial charge in [-0.05, 0) is 69.7 Å². The Hall–Kier alpha value is -5.28. The molecule has 2 aliphatic heterocycles. The van der Waals surface area contributed by atoms with Crippen LogP contribution in [0.15, 0.2) is 29.3 Å². The van der Waals surface area contributed by atoms with E-state index >= 15 is 0 Å². The molecule has 0 spiro atoms. The number of benzene rings is 1. The minimum Gasteiger partial charge on any atom is -0.480 e. The Balaban J connectivity index is 1.29. The van der Waals surface area contributed by atoms with Crippen molar-refractivity contribution in [1.82, 2.24) is 36.9 Å². The van der Waals surface area contributed by atoms with Crippen LogP contribution in [0.2, 0.25) is 0 Å². The van der Waals surface area contributed by atoms with Gasteiger partial charge in [-0.2, -0.15) is 0 Å². The molecule has 0 bridgehead atoms. The van der Waals surface area contributed by atoms with Gasteiger partial charge < -0.3 is 52.4 Å². The Kier molecular flexibility index (Phi) is 17.6. The van der Waals surface area contributed by atoms with E-state index in [-0.39, 0.29) is 68.6 Å². The number of anilines is 1. The molecular weight excluding hydrogens is 707 g/mol. The van der Waals surface area contributed by atoms with E-state index < -0.39 is 60.8 Å². The van der Waals surface area contributed by atoms with Gasteiger partial charge in [0.05, 0.1) is 30.6 Å². The number of hydrogen-bond acceptors (Lipinski definition) is 13. The number of likely N-dealkylation sites (tertiary alicyclic amines) is 1. The molecule has 12 N–H and O–H groups in total. The minimum absolute atomic E-state index is 0.0499. The Morgan fingerprint density at radius 1 is 0.963 bits per heavy atom. The largest absolute Gasteiger partial charge is 0.480 e. The number of rotatable bonds is 22. The van der Waals surface area contributed by atoms with Gasteiger partial charge in [0.1, 0.15) is 18.1 Å². The number of nitrogens with zero attached hydrogens (tertiary/aromatic N) is 2. The first kappa shape index (κ1) is 43.1. The molecule has 6 amide bonds. The van der Waals surface area contributed by atoms with Crippen molar-refractivity contribution < 1.29 is 48.7 Å². The summed E-state index contributed by atoms with van der Waals surface area (Å²) in [5.41, 5.74) is 11.4. The highest BCUT2D eigenvalue weighted by Gasteiger charge is 2.38. The zero-order valence-electron chi connectivity index (χ0n) is 30.2. The average Bonchev–Trinajstić information content (AvgIpc) is 3.86. The number of hydrogen-bond donors (Lipinski definition) is 11. The van der Waals surface area contributed by atoms with E-state index in [0.29, 0.717) is 44.5 Å². The summed E-state index contributed by atoms with van der Waals surface area (Å²) in [4.78, 5) is 91.9. The van der Waals surface area contributed by atoms with E-state index in [9.17, 15) is 48.7 Å². The van der Waals surface area contributed by atoms with E-state index in [1.165, 1.54) is 30.3 Å². The second-order valence-corrected chi connectivity index (χ2v) is 13.1. The van der Waals surface area contributed by atoms with Crippen LogP contribution in [0.25, 0.3) is 0 Å². The first-order valence-electron chi connectivity index (χ1n) is 18.0. The maximum Gasteiger partial charge on any atom is 0.475 e. The third kappa shape index (κ3) is 14.3. The van der Waals surface area contributed by atoms with E-state index in [1.807, 2.05) is 0 Å². The molecular formula is C33H51BN10O10. The summed E-state index contributed by atoms with van der Waals surface area (Å²) in [6, 6.07) is 2.77. The predicted octanol–water partition coefficient (Wildman–Crippen LogP) is -2.89. The van der Waals surface area contributed by atoms with E-state index in [1.54, 1.807) is 12.1 Å². The van der Waals surface area contributed by atoms with Crippen molar-refractivity contribution in [1.29, 1.82) is 0 Å². The lowest BCUT2D eigenvalue weighted by Gasteiger charge is -2.27. The number of hydrazine groups is 1. The van der Waals surface area contributed by atoms with Crippen LogP contribution in [0.4, 0.5) is 5.69 Å². The fourth-order valence-electron chi connectivity index (χ4n) is 5.91. The highest BCUT2D eigenvalue weighted by Crippen LogP contribution is 2.19. The molecule has 5 atom stereocenters. The SMILES string of the molecule is C[C@@H](NC(=O)c1ccc(NNC(=O)CCCC(=O)NCCCC[C@H](NC(=O)C(CC2CNC=N2)NC(=O)CN)C(=O)O)cc1)C(=O)N1CCC[C@H]1B(O)O. The molecule has 20 nitrogen and oxygen atoms in total. The normalized spacial score (nSPS) is 17.7. The molecule has 1 aromatic rings. The number of aliphatic carboxylic acids is 1. The molecule has 2 aliphatic rings. The Bertz CT molecular complexity index is 1500. The van der Waals surface area contributed by atoms with Crippen LogP contribution in [0, 0.1) is 0 Å². The minimum atomic E-state index is -1.65. The number of aliphatic imine (C=N–C) groups is 1. The maximum absolute atomic E-state index is 12.8. The number of amides is 6. The summed E-state index contributed by atoms with van der Waals surface area (Å²) >= 11 is 0. The topological polar surface area (TPSA) is 306 Å². The number of carboxylic acid groups (broad SMARTS) is 1. The Labute approximate surface area is 312 Å². The van der Waals surface area contributed by atoms with Crippen LogP contribution >= 0.6 is 0 Å². The molecule has 296 valence electrons.